The van der Waals surface area contributed by atoms with Gasteiger partial charge in [0.2, 0.25) is 0 Å². The van der Waals surface area contributed by atoms with Crippen molar-refractivity contribution >= 4 is 6.09 Å². The number of nitrogens with zero attached hydrogens (tertiary/aromatic N) is 1. The Bertz CT molecular complexity index is 1120. The van der Waals surface area contributed by atoms with E-state index in [-0.39, 0.29) is 24.5 Å². The van der Waals surface area contributed by atoms with Gasteiger partial charge in [-0.3, -0.25) is 4.90 Å². The molecule has 31 heavy (non-hydrogen) atoms. The van der Waals surface area contributed by atoms with E-state index in [1.165, 1.54) is 24.1 Å². The normalized spacial score (nSPS) is 13.1. The monoisotopic (exact) mass is 417 g/mol. The summed E-state index contributed by atoms with van der Waals surface area (Å²) in [5.41, 5.74) is 4.74. The Labute approximate surface area is 180 Å². The number of ether oxygens (including phenoxy) is 1. The van der Waals surface area contributed by atoms with Crippen LogP contribution in [0.25, 0.3) is 11.1 Å². The van der Waals surface area contributed by atoms with Gasteiger partial charge in [0.15, 0.2) is 0 Å². The second-order valence-electron chi connectivity index (χ2n) is 7.54. The highest BCUT2D eigenvalue weighted by atomic mass is 19.1. The average molecular weight is 417 g/mol. The third-order valence-electron chi connectivity index (χ3n) is 5.71. The van der Waals surface area contributed by atoms with E-state index < -0.39 is 23.8 Å². The van der Waals surface area contributed by atoms with Gasteiger partial charge in [0, 0.05) is 25.5 Å². The summed E-state index contributed by atoms with van der Waals surface area (Å²) in [5, 5.41) is 0. The molecule has 0 fully saturated rings. The fourth-order valence-corrected chi connectivity index (χ4v) is 4.03. The van der Waals surface area contributed by atoms with Crippen LogP contribution in [-0.4, -0.2) is 30.7 Å². The molecule has 1 atom stereocenters. The van der Waals surface area contributed by atoms with Gasteiger partial charge in [0.05, 0.1) is 6.04 Å². The van der Waals surface area contributed by atoms with E-state index in [4.69, 9.17) is 11.2 Å². The number of carbonyl (C=O) groups is 1. The molecule has 3 aromatic carbocycles. The quantitative estimate of drug-likeness (QED) is 0.521. The number of terminal acetylenes is 1. The molecule has 0 spiro atoms. The molecule has 1 aliphatic rings. The lowest BCUT2D eigenvalue weighted by Crippen LogP contribution is -2.38. The first kappa shape index (κ1) is 20.6. The van der Waals surface area contributed by atoms with Crippen LogP contribution in [0.2, 0.25) is 0 Å². The summed E-state index contributed by atoms with van der Waals surface area (Å²) in [4.78, 5) is 14.0. The number of benzene rings is 3. The number of hydrogen-bond donors (Lipinski definition) is 0. The molecule has 0 aliphatic heterocycles. The molecule has 0 radical (unpaired) electrons. The van der Waals surface area contributed by atoms with Crippen molar-refractivity contribution in [3.05, 3.63) is 95.1 Å². The molecule has 4 rings (SSSR count). The summed E-state index contributed by atoms with van der Waals surface area (Å²) in [7, 11) is 1.52. The predicted octanol–water partition coefficient (Wildman–Crippen LogP) is 5.39. The van der Waals surface area contributed by atoms with E-state index in [1.54, 1.807) is 0 Å². The van der Waals surface area contributed by atoms with Gasteiger partial charge in [-0.1, -0.05) is 60.5 Å². The highest BCUT2D eigenvalue weighted by Crippen LogP contribution is 2.44. The molecule has 0 saturated carbocycles. The average Bonchev–Trinajstić information content (AvgIpc) is 3.10. The zero-order valence-corrected chi connectivity index (χ0v) is 17.0. The zero-order chi connectivity index (χ0) is 22.0. The number of halogens is 2. The third-order valence-corrected chi connectivity index (χ3v) is 5.71. The zero-order valence-electron chi connectivity index (χ0n) is 17.0. The van der Waals surface area contributed by atoms with Gasteiger partial charge in [-0.05, 0) is 33.9 Å². The molecule has 3 aromatic rings. The Hall–Kier alpha value is -3.65. The van der Waals surface area contributed by atoms with E-state index in [1.807, 2.05) is 36.4 Å². The largest absolute Gasteiger partial charge is 0.448 e. The van der Waals surface area contributed by atoms with Crippen LogP contribution in [0.4, 0.5) is 13.6 Å². The summed E-state index contributed by atoms with van der Waals surface area (Å²) in [6, 6.07) is 18.7. The number of carbonyl (C=O) groups excluding carboxylic acids is 1. The lowest BCUT2D eigenvalue weighted by atomic mass is 9.98. The van der Waals surface area contributed by atoms with E-state index in [2.05, 4.69) is 18.1 Å². The van der Waals surface area contributed by atoms with Gasteiger partial charge < -0.3 is 4.74 Å². The van der Waals surface area contributed by atoms with Crippen molar-refractivity contribution < 1.29 is 18.3 Å². The van der Waals surface area contributed by atoms with Crippen molar-refractivity contribution in [3.8, 4) is 23.5 Å². The molecule has 3 nitrogen and oxygen atoms in total. The molecule has 0 saturated heterocycles. The van der Waals surface area contributed by atoms with Crippen LogP contribution in [0.5, 0.6) is 0 Å². The van der Waals surface area contributed by atoms with Gasteiger partial charge in [-0.2, -0.15) is 0 Å². The number of fused-ring (bicyclic) bond motifs is 3. The summed E-state index contributed by atoms with van der Waals surface area (Å²) in [6.07, 6.45) is 5.06. The van der Waals surface area contributed by atoms with Gasteiger partial charge in [-0.25, -0.2) is 13.6 Å². The Morgan fingerprint density at radius 2 is 1.68 bits per heavy atom. The van der Waals surface area contributed by atoms with Crippen LogP contribution in [0.15, 0.2) is 66.7 Å². The molecule has 0 heterocycles. The van der Waals surface area contributed by atoms with Crippen molar-refractivity contribution in [3.63, 3.8) is 0 Å². The maximum atomic E-state index is 14.0. The molecule has 0 bridgehead atoms. The summed E-state index contributed by atoms with van der Waals surface area (Å²) in [5.74, 6) is 1.07. The molecule has 1 unspecified atom stereocenters. The third kappa shape index (κ3) is 4.02. The van der Waals surface area contributed by atoms with Crippen molar-refractivity contribution in [1.82, 2.24) is 4.90 Å². The lowest BCUT2D eigenvalue weighted by Gasteiger charge is -2.25. The minimum atomic E-state index is -0.726. The second-order valence-corrected chi connectivity index (χ2v) is 7.54. The molecular weight excluding hydrogens is 396 g/mol. The fourth-order valence-electron chi connectivity index (χ4n) is 4.03. The van der Waals surface area contributed by atoms with Crippen LogP contribution in [-0.2, 0) is 11.2 Å². The first-order valence-corrected chi connectivity index (χ1v) is 9.97. The van der Waals surface area contributed by atoms with Crippen LogP contribution >= 0.6 is 0 Å². The molecular formula is C26H21F2NO2. The number of amides is 1. The number of hydrogen-bond acceptors (Lipinski definition) is 2. The Morgan fingerprint density at radius 1 is 1.06 bits per heavy atom. The lowest BCUT2D eigenvalue weighted by molar-refractivity contribution is 0.102. The molecule has 1 aliphatic carbocycles. The minimum Gasteiger partial charge on any atom is -0.448 e. The van der Waals surface area contributed by atoms with Gasteiger partial charge in [0.1, 0.15) is 18.2 Å². The molecule has 0 N–H and O–H groups in total. The fraction of sp³-hybridized carbons (Fsp3) is 0.192. The second kappa shape index (κ2) is 8.61. The van der Waals surface area contributed by atoms with Crippen LogP contribution < -0.4 is 0 Å². The van der Waals surface area contributed by atoms with E-state index in [0.717, 1.165) is 28.3 Å². The van der Waals surface area contributed by atoms with E-state index >= 15 is 0 Å². The Morgan fingerprint density at radius 3 is 2.26 bits per heavy atom. The predicted molar refractivity (Wildman–Crippen MR) is 116 cm³/mol. The number of likely N-dealkylation sites (N-methyl/N-ethyl adjacent to an activating group) is 1. The van der Waals surface area contributed by atoms with Gasteiger partial charge >= 0.3 is 6.09 Å². The highest BCUT2D eigenvalue weighted by Gasteiger charge is 2.30. The maximum absolute atomic E-state index is 14.0. The summed E-state index contributed by atoms with van der Waals surface area (Å²) < 4.78 is 32.8. The molecule has 156 valence electrons. The van der Waals surface area contributed by atoms with Crippen molar-refractivity contribution in [2.75, 3.05) is 13.7 Å². The van der Waals surface area contributed by atoms with Crippen molar-refractivity contribution in [2.24, 2.45) is 0 Å². The van der Waals surface area contributed by atoms with Crippen molar-refractivity contribution in [2.45, 2.75) is 18.4 Å². The Kier molecular flexibility index (Phi) is 5.73. The van der Waals surface area contributed by atoms with Crippen LogP contribution in [0.1, 0.15) is 22.6 Å². The van der Waals surface area contributed by atoms with E-state index in [9.17, 15) is 13.6 Å². The molecule has 5 heteroatoms. The van der Waals surface area contributed by atoms with Gasteiger partial charge in [0.25, 0.3) is 0 Å². The minimum absolute atomic E-state index is 0.0588. The SMILES string of the molecule is C#CC(Cc1ccc(F)cc1F)N(C)C(=O)OCC1c2ccccc2-c2ccccc21. The van der Waals surface area contributed by atoms with Crippen molar-refractivity contribution in [1.29, 1.82) is 0 Å². The topological polar surface area (TPSA) is 29.5 Å². The standard InChI is InChI=1S/C26H21F2NO2/c1-3-19(14-17-12-13-18(27)15-25(17)28)29(2)26(30)31-16-24-22-10-6-4-8-20(22)21-9-5-7-11-23(21)24/h1,4-13,15,19,24H,14,16H2,2H3. The first-order valence-electron chi connectivity index (χ1n) is 9.97. The van der Waals surface area contributed by atoms with Crippen LogP contribution in [0.3, 0.4) is 0 Å². The summed E-state index contributed by atoms with van der Waals surface area (Å²) in [6.45, 7) is 0.166. The van der Waals surface area contributed by atoms with Crippen LogP contribution in [0, 0.1) is 24.0 Å². The number of rotatable bonds is 5. The molecule has 0 aromatic heterocycles. The van der Waals surface area contributed by atoms with Gasteiger partial charge in [-0.15, -0.1) is 6.42 Å². The Balaban J connectivity index is 1.46. The smallest absolute Gasteiger partial charge is 0.410 e. The highest BCUT2D eigenvalue weighted by molar-refractivity contribution is 5.79. The first-order chi connectivity index (χ1) is 15.0. The molecule has 1 amide bonds. The maximum Gasteiger partial charge on any atom is 0.410 e. The summed E-state index contributed by atoms with van der Waals surface area (Å²) >= 11 is 0. The van der Waals surface area contributed by atoms with E-state index in [0.29, 0.717) is 0 Å².